The topological polar surface area (TPSA) is 92.4 Å². The minimum absolute atomic E-state index is 0.160. The molecule has 1 heterocycles. The summed E-state index contributed by atoms with van der Waals surface area (Å²) >= 11 is 1.61. The smallest absolute Gasteiger partial charge is 0.407 e. The quantitative estimate of drug-likeness (QED) is 0.287. The predicted octanol–water partition coefficient (Wildman–Crippen LogP) is 6.40. The standard InChI is InChI=1S/C28H40F3N4O3S/c1-9-10-39-15-19(34-25(37)38-27(6,7)8)14-32-24(36)22-11-17(2)20-12-18(33-16-28(29,30)31)13-21(23(20)35-22)26(3,4)5/h11-13,19,33H,1,9-10,14-16H2,2-8H3,(H,32,36)(H,34,37)/t19-/m1/s1. The van der Waals surface area contributed by atoms with Gasteiger partial charge < -0.3 is 20.7 Å². The molecule has 1 atom stereocenters. The largest absolute Gasteiger partial charge is 0.444 e. The Morgan fingerprint density at radius 1 is 1.10 bits per heavy atom. The van der Waals surface area contributed by atoms with Crippen LogP contribution < -0.4 is 16.0 Å². The molecule has 0 fully saturated rings. The monoisotopic (exact) mass is 569 g/mol. The van der Waals surface area contributed by atoms with Crippen molar-refractivity contribution in [1.82, 2.24) is 15.6 Å². The van der Waals surface area contributed by atoms with E-state index >= 15 is 0 Å². The van der Waals surface area contributed by atoms with Crippen LogP contribution in [0.3, 0.4) is 0 Å². The molecule has 2 amide bonds. The molecule has 0 saturated carbocycles. The van der Waals surface area contributed by atoms with Gasteiger partial charge in [0.15, 0.2) is 0 Å². The molecule has 2 aromatic rings. The number of anilines is 1. The van der Waals surface area contributed by atoms with E-state index in [0.717, 1.165) is 17.7 Å². The first-order valence-electron chi connectivity index (χ1n) is 12.8. The van der Waals surface area contributed by atoms with E-state index in [0.29, 0.717) is 27.9 Å². The Morgan fingerprint density at radius 2 is 1.77 bits per heavy atom. The molecule has 0 saturated heterocycles. The molecule has 2 rings (SSSR count). The third-order valence-electron chi connectivity index (χ3n) is 5.49. The summed E-state index contributed by atoms with van der Waals surface area (Å²) in [7, 11) is 0. The van der Waals surface area contributed by atoms with Gasteiger partial charge in [0.1, 0.15) is 17.8 Å². The highest BCUT2D eigenvalue weighted by molar-refractivity contribution is 7.99. The second-order valence-corrected chi connectivity index (χ2v) is 12.6. The molecule has 0 spiro atoms. The van der Waals surface area contributed by atoms with Crippen molar-refractivity contribution in [3.05, 3.63) is 41.9 Å². The van der Waals surface area contributed by atoms with E-state index in [4.69, 9.17) is 4.74 Å². The van der Waals surface area contributed by atoms with E-state index in [1.54, 1.807) is 57.7 Å². The van der Waals surface area contributed by atoms with Gasteiger partial charge in [-0.25, -0.2) is 9.78 Å². The lowest BCUT2D eigenvalue weighted by Gasteiger charge is -2.24. The van der Waals surface area contributed by atoms with Crippen LogP contribution >= 0.6 is 11.8 Å². The number of rotatable bonds is 10. The molecule has 217 valence electrons. The van der Waals surface area contributed by atoms with Crippen LogP contribution in [0.1, 0.15) is 69.6 Å². The number of carbonyl (C=O) groups excluding carboxylic acids is 2. The maximum absolute atomic E-state index is 13.2. The Morgan fingerprint density at radius 3 is 2.33 bits per heavy atom. The van der Waals surface area contributed by atoms with Crippen molar-refractivity contribution in [2.75, 3.05) is 29.9 Å². The number of amides is 2. The fourth-order valence-corrected chi connectivity index (χ4v) is 4.60. The number of pyridine rings is 1. The highest BCUT2D eigenvalue weighted by atomic mass is 32.2. The number of ether oxygens (including phenoxy) is 1. The van der Waals surface area contributed by atoms with Gasteiger partial charge in [-0.1, -0.05) is 27.7 Å². The first-order valence-corrected chi connectivity index (χ1v) is 14.0. The minimum atomic E-state index is -4.35. The Balaban J connectivity index is 2.31. The van der Waals surface area contributed by atoms with Crippen LogP contribution in [0.2, 0.25) is 0 Å². The lowest BCUT2D eigenvalue weighted by atomic mass is 9.84. The molecule has 1 radical (unpaired) electrons. The molecule has 39 heavy (non-hydrogen) atoms. The van der Waals surface area contributed by atoms with Crippen molar-refractivity contribution < 1.29 is 27.5 Å². The zero-order valence-corrected chi connectivity index (χ0v) is 24.6. The number of thioether (sulfide) groups is 1. The van der Waals surface area contributed by atoms with Crippen molar-refractivity contribution >= 4 is 40.4 Å². The molecule has 3 N–H and O–H groups in total. The third kappa shape index (κ3) is 10.8. The van der Waals surface area contributed by atoms with Gasteiger partial charge in [0.2, 0.25) is 0 Å². The number of carbonyl (C=O) groups is 2. The highest BCUT2D eigenvalue weighted by Crippen LogP contribution is 2.34. The Kier molecular flexibility index (Phi) is 10.9. The molecular formula is C28H40F3N4O3S. The second kappa shape index (κ2) is 13.1. The number of aryl methyl sites for hydroxylation is 1. The van der Waals surface area contributed by atoms with Gasteiger partial charge in [0, 0.05) is 23.4 Å². The van der Waals surface area contributed by atoms with Gasteiger partial charge in [-0.2, -0.15) is 24.9 Å². The van der Waals surface area contributed by atoms with Crippen molar-refractivity contribution in [3.63, 3.8) is 0 Å². The van der Waals surface area contributed by atoms with Gasteiger partial charge in [0.25, 0.3) is 5.91 Å². The maximum Gasteiger partial charge on any atom is 0.407 e. The Labute approximate surface area is 233 Å². The zero-order chi connectivity index (χ0) is 29.6. The number of benzene rings is 1. The molecule has 1 aromatic carbocycles. The highest BCUT2D eigenvalue weighted by Gasteiger charge is 2.28. The SMILES string of the molecule is [CH2]CCSC[C@@H](CNC(=O)c1cc(C)c2cc(NCC(F)(F)F)cc(C(C)(C)C)c2n1)NC(=O)OC(C)(C)C. The normalized spacial score (nSPS) is 13.2. The van der Waals surface area contributed by atoms with Gasteiger partial charge in [-0.05, 0) is 74.6 Å². The summed E-state index contributed by atoms with van der Waals surface area (Å²) in [5.41, 5.74) is 1.40. The number of nitrogens with zero attached hydrogens (tertiary/aromatic N) is 1. The van der Waals surface area contributed by atoms with Crippen LogP contribution in [-0.2, 0) is 10.2 Å². The van der Waals surface area contributed by atoms with Crippen molar-refractivity contribution in [2.24, 2.45) is 0 Å². The molecule has 0 bridgehead atoms. The molecule has 0 aliphatic rings. The Bertz CT molecular complexity index is 1160. The van der Waals surface area contributed by atoms with Crippen LogP contribution in [0.25, 0.3) is 10.9 Å². The van der Waals surface area contributed by atoms with Crippen LogP contribution in [0, 0.1) is 13.8 Å². The van der Waals surface area contributed by atoms with E-state index in [1.807, 2.05) is 20.8 Å². The first kappa shape index (κ1) is 32.5. The van der Waals surface area contributed by atoms with E-state index in [1.165, 1.54) is 0 Å². The zero-order valence-electron chi connectivity index (χ0n) is 23.8. The van der Waals surface area contributed by atoms with Gasteiger partial charge in [-0.15, -0.1) is 0 Å². The van der Waals surface area contributed by atoms with Crippen LogP contribution in [0.15, 0.2) is 18.2 Å². The molecular weight excluding hydrogens is 529 g/mol. The minimum Gasteiger partial charge on any atom is -0.444 e. The summed E-state index contributed by atoms with van der Waals surface area (Å²) in [4.78, 5) is 30.1. The van der Waals surface area contributed by atoms with Crippen molar-refractivity contribution in [1.29, 1.82) is 0 Å². The predicted molar refractivity (Wildman–Crippen MR) is 153 cm³/mol. The average molecular weight is 570 g/mol. The molecule has 0 unspecified atom stereocenters. The molecule has 7 nitrogen and oxygen atoms in total. The summed E-state index contributed by atoms with van der Waals surface area (Å²) < 4.78 is 43.8. The second-order valence-electron chi connectivity index (χ2n) is 11.4. The Hall–Kier alpha value is -2.69. The number of fused-ring (bicyclic) bond motifs is 1. The maximum atomic E-state index is 13.2. The van der Waals surface area contributed by atoms with Gasteiger partial charge >= 0.3 is 12.3 Å². The summed E-state index contributed by atoms with van der Waals surface area (Å²) in [5.74, 6) is 0.944. The number of hydrogen-bond donors (Lipinski definition) is 3. The number of alkyl carbamates (subject to hydrolysis) is 1. The summed E-state index contributed by atoms with van der Waals surface area (Å²) in [6, 6.07) is 4.52. The molecule has 11 heteroatoms. The molecule has 0 aliphatic heterocycles. The van der Waals surface area contributed by atoms with E-state index in [2.05, 4.69) is 27.9 Å². The summed E-state index contributed by atoms with van der Waals surface area (Å²) in [5, 5.41) is 8.79. The van der Waals surface area contributed by atoms with Gasteiger partial charge in [-0.3, -0.25) is 4.79 Å². The van der Waals surface area contributed by atoms with Crippen molar-refractivity contribution in [2.45, 2.75) is 78.1 Å². The fourth-order valence-electron chi connectivity index (χ4n) is 3.74. The summed E-state index contributed by atoms with van der Waals surface area (Å²) in [6.07, 6.45) is -4.18. The third-order valence-corrected chi connectivity index (χ3v) is 6.71. The van der Waals surface area contributed by atoms with Crippen LogP contribution in [0.5, 0.6) is 0 Å². The number of aromatic nitrogens is 1. The first-order chi connectivity index (χ1) is 17.9. The van der Waals surface area contributed by atoms with E-state index < -0.39 is 35.7 Å². The van der Waals surface area contributed by atoms with Crippen LogP contribution in [-0.4, -0.2) is 59.4 Å². The van der Waals surface area contributed by atoms with Crippen molar-refractivity contribution in [3.8, 4) is 0 Å². The van der Waals surface area contributed by atoms with Crippen LogP contribution in [0.4, 0.5) is 23.7 Å². The van der Waals surface area contributed by atoms with Gasteiger partial charge in [0.05, 0.1) is 11.6 Å². The average Bonchev–Trinajstić information content (AvgIpc) is 2.78. The fraction of sp³-hybridized carbons (Fsp3) is 0.571. The van der Waals surface area contributed by atoms with E-state index in [9.17, 15) is 22.8 Å². The lowest BCUT2D eigenvalue weighted by Crippen LogP contribution is -2.47. The summed E-state index contributed by atoms with van der Waals surface area (Å²) in [6.45, 7) is 15.8. The number of hydrogen-bond acceptors (Lipinski definition) is 6. The number of alkyl halides is 3. The molecule has 1 aromatic heterocycles. The molecule has 0 aliphatic carbocycles. The lowest BCUT2D eigenvalue weighted by molar-refractivity contribution is -0.115. The number of halogens is 3. The van der Waals surface area contributed by atoms with E-state index in [-0.39, 0.29) is 18.3 Å². The number of nitrogens with one attached hydrogen (secondary N) is 3.